The van der Waals surface area contributed by atoms with Crippen LogP contribution in [-0.2, 0) is 11.8 Å². The summed E-state index contributed by atoms with van der Waals surface area (Å²) in [5, 5.41) is 0. The van der Waals surface area contributed by atoms with Crippen LogP contribution in [0.25, 0.3) is 22.4 Å². The Balaban J connectivity index is 1.63. The van der Waals surface area contributed by atoms with E-state index in [4.69, 9.17) is 4.74 Å². The highest BCUT2D eigenvalue weighted by molar-refractivity contribution is 5.88. The molecule has 2 unspecified atom stereocenters. The zero-order chi connectivity index (χ0) is 24.9. The minimum absolute atomic E-state index is 0.109. The fourth-order valence-electron chi connectivity index (χ4n) is 4.22. The van der Waals surface area contributed by atoms with Gasteiger partial charge in [-0.05, 0) is 44.5 Å². The lowest BCUT2D eigenvalue weighted by Gasteiger charge is -2.37. The number of fused-ring (bicyclic) bond motifs is 1. The number of aryl methyl sites for hydroxylation is 3. The van der Waals surface area contributed by atoms with Crippen LogP contribution < -0.4 is 10.5 Å². The highest BCUT2D eigenvalue weighted by atomic mass is 19.1. The van der Waals surface area contributed by atoms with E-state index >= 15 is 0 Å². The number of nitrogens with zero attached hydrogens (tertiary/aromatic N) is 6. The van der Waals surface area contributed by atoms with Crippen molar-refractivity contribution in [2.24, 2.45) is 7.05 Å². The molecule has 4 heterocycles. The van der Waals surface area contributed by atoms with Gasteiger partial charge in [0, 0.05) is 37.5 Å². The molecule has 1 aliphatic rings. The Bertz CT molecular complexity index is 1510. The van der Waals surface area contributed by atoms with E-state index in [0.717, 1.165) is 11.6 Å². The third-order valence-corrected chi connectivity index (χ3v) is 6.14. The van der Waals surface area contributed by atoms with Gasteiger partial charge in [0.15, 0.2) is 5.65 Å². The van der Waals surface area contributed by atoms with Crippen molar-refractivity contribution in [3.05, 3.63) is 75.5 Å². The van der Waals surface area contributed by atoms with Gasteiger partial charge in [-0.3, -0.25) is 4.79 Å². The van der Waals surface area contributed by atoms with Crippen molar-refractivity contribution >= 4 is 17.1 Å². The fourth-order valence-corrected chi connectivity index (χ4v) is 4.22. The molecule has 0 aliphatic carbocycles. The van der Waals surface area contributed by atoms with Crippen LogP contribution in [0.15, 0.2) is 41.3 Å². The van der Waals surface area contributed by atoms with E-state index in [1.54, 1.807) is 19.3 Å². The average molecular weight is 479 g/mol. The Morgan fingerprint density at radius 2 is 1.77 bits per heavy atom. The summed E-state index contributed by atoms with van der Waals surface area (Å²) in [4.78, 5) is 32.3. The maximum absolute atomic E-state index is 14.8. The normalized spacial score (nSPS) is 18.3. The number of hydrogen-bond donors (Lipinski definition) is 0. The molecule has 1 fully saturated rings. The summed E-state index contributed by atoms with van der Waals surface area (Å²) in [6, 6.07) is 6.62. The summed E-state index contributed by atoms with van der Waals surface area (Å²) in [5.41, 5.74) is 3.15. The maximum Gasteiger partial charge on any atom is 0.250 e. The van der Waals surface area contributed by atoms with Crippen molar-refractivity contribution in [1.82, 2.24) is 24.5 Å². The average Bonchev–Trinajstić information content (AvgIpc) is 2.81. The first-order chi connectivity index (χ1) is 16.7. The molecule has 0 bridgehead atoms. The molecule has 0 saturated carbocycles. The number of pyridine rings is 1. The third-order valence-electron chi connectivity index (χ3n) is 6.14. The second kappa shape index (κ2) is 8.77. The van der Waals surface area contributed by atoms with E-state index in [1.165, 1.54) is 22.8 Å². The van der Waals surface area contributed by atoms with E-state index < -0.39 is 11.6 Å². The molecule has 8 nitrogen and oxygen atoms in total. The molecule has 0 amide bonds. The zero-order valence-corrected chi connectivity index (χ0v) is 19.8. The minimum atomic E-state index is -0.741. The lowest BCUT2D eigenvalue weighted by Crippen LogP contribution is -2.44. The van der Waals surface area contributed by atoms with Crippen LogP contribution in [0, 0.1) is 25.5 Å². The molecule has 5 rings (SSSR count). The Hall–Kier alpha value is -3.79. The SMILES string of the molecule is Cc1nc2nc(N3CC(C)OC(c4ccc(=O)n(C)c4)C3)nc(-c3ccc(F)cc3F)c2nc1C. The Morgan fingerprint density at radius 1 is 1.00 bits per heavy atom. The van der Waals surface area contributed by atoms with E-state index in [1.807, 2.05) is 25.7 Å². The molecule has 2 atom stereocenters. The number of benzene rings is 1. The number of halogens is 2. The van der Waals surface area contributed by atoms with Crippen molar-refractivity contribution in [3.8, 4) is 11.3 Å². The first kappa shape index (κ1) is 23.0. The number of rotatable bonds is 3. The Morgan fingerprint density at radius 3 is 2.51 bits per heavy atom. The van der Waals surface area contributed by atoms with Crippen molar-refractivity contribution in [3.63, 3.8) is 0 Å². The molecule has 1 aromatic carbocycles. The van der Waals surface area contributed by atoms with Crippen LogP contribution >= 0.6 is 0 Å². The van der Waals surface area contributed by atoms with Gasteiger partial charge in [0.2, 0.25) is 11.5 Å². The van der Waals surface area contributed by atoms with Gasteiger partial charge in [-0.25, -0.2) is 23.7 Å². The second-order valence-corrected chi connectivity index (χ2v) is 8.81. The number of morpholine rings is 1. The summed E-state index contributed by atoms with van der Waals surface area (Å²) in [5.74, 6) is -1.07. The van der Waals surface area contributed by atoms with Gasteiger partial charge >= 0.3 is 0 Å². The van der Waals surface area contributed by atoms with Crippen LogP contribution in [0.2, 0.25) is 0 Å². The molecule has 180 valence electrons. The first-order valence-corrected chi connectivity index (χ1v) is 11.2. The van der Waals surface area contributed by atoms with Gasteiger partial charge in [-0.1, -0.05) is 0 Å². The molecule has 3 aromatic heterocycles. The lowest BCUT2D eigenvalue weighted by molar-refractivity contribution is -0.0181. The van der Waals surface area contributed by atoms with E-state index in [-0.39, 0.29) is 29.0 Å². The summed E-state index contributed by atoms with van der Waals surface area (Å²) in [6.45, 7) is 6.49. The van der Waals surface area contributed by atoms with Crippen molar-refractivity contribution in [1.29, 1.82) is 0 Å². The van der Waals surface area contributed by atoms with Crippen LogP contribution in [0.5, 0.6) is 0 Å². The van der Waals surface area contributed by atoms with Crippen LogP contribution in [0.1, 0.15) is 30.0 Å². The van der Waals surface area contributed by atoms with E-state index in [0.29, 0.717) is 41.6 Å². The molecule has 4 aromatic rings. The summed E-state index contributed by atoms with van der Waals surface area (Å²) in [6.07, 6.45) is 1.25. The van der Waals surface area contributed by atoms with Crippen LogP contribution in [0.4, 0.5) is 14.7 Å². The molecule has 1 aliphatic heterocycles. The van der Waals surface area contributed by atoms with Crippen LogP contribution in [-0.4, -0.2) is 43.7 Å². The van der Waals surface area contributed by atoms with Gasteiger partial charge in [0.1, 0.15) is 28.9 Å². The second-order valence-electron chi connectivity index (χ2n) is 8.81. The van der Waals surface area contributed by atoms with Gasteiger partial charge in [0.05, 0.1) is 24.0 Å². The predicted octanol–water partition coefficient (Wildman–Crippen LogP) is 3.65. The summed E-state index contributed by atoms with van der Waals surface area (Å²) < 4.78 is 36.1. The minimum Gasteiger partial charge on any atom is -0.367 e. The van der Waals surface area contributed by atoms with E-state index in [2.05, 4.69) is 19.9 Å². The maximum atomic E-state index is 14.8. The molecule has 0 radical (unpaired) electrons. The molecular formula is C25H24F2N6O2. The summed E-state index contributed by atoms with van der Waals surface area (Å²) in [7, 11) is 1.69. The smallest absolute Gasteiger partial charge is 0.250 e. The number of aromatic nitrogens is 5. The van der Waals surface area contributed by atoms with Gasteiger partial charge < -0.3 is 14.2 Å². The predicted molar refractivity (Wildman–Crippen MR) is 127 cm³/mol. The van der Waals surface area contributed by atoms with E-state index in [9.17, 15) is 13.6 Å². The molecular weight excluding hydrogens is 454 g/mol. The highest BCUT2D eigenvalue weighted by Crippen LogP contribution is 2.32. The van der Waals surface area contributed by atoms with Crippen molar-refractivity contribution in [2.75, 3.05) is 18.0 Å². The summed E-state index contributed by atoms with van der Waals surface area (Å²) >= 11 is 0. The molecule has 35 heavy (non-hydrogen) atoms. The quantitative estimate of drug-likeness (QED) is 0.444. The lowest BCUT2D eigenvalue weighted by atomic mass is 10.1. The topological polar surface area (TPSA) is 86.0 Å². The number of ether oxygens (including phenoxy) is 1. The van der Waals surface area contributed by atoms with Gasteiger partial charge in [0.25, 0.3) is 0 Å². The monoisotopic (exact) mass is 478 g/mol. The first-order valence-electron chi connectivity index (χ1n) is 11.2. The van der Waals surface area contributed by atoms with Crippen molar-refractivity contribution in [2.45, 2.75) is 33.0 Å². The largest absolute Gasteiger partial charge is 0.367 e. The number of anilines is 1. The Labute approximate surface area is 200 Å². The molecule has 0 spiro atoms. The third kappa shape index (κ3) is 4.37. The Kier molecular flexibility index (Phi) is 5.76. The molecule has 0 N–H and O–H groups in total. The molecule has 1 saturated heterocycles. The molecule has 10 heteroatoms. The number of hydrogen-bond acceptors (Lipinski definition) is 7. The van der Waals surface area contributed by atoms with Gasteiger partial charge in [-0.2, -0.15) is 4.98 Å². The highest BCUT2D eigenvalue weighted by Gasteiger charge is 2.30. The zero-order valence-electron chi connectivity index (χ0n) is 19.8. The fraction of sp³-hybridized carbons (Fsp3) is 0.320. The standard InChI is InChI=1S/C25H24F2N6O2/c1-13-10-33(12-20(35-13)16-5-8-21(34)32(4)11-16)25-30-22(18-7-6-17(26)9-19(18)27)23-24(31-25)29-15(3)14(2)28-23/h5-9,11,13,20H,10,12H2,1-4H3. The van der Waals surface area contributed by atoms with Crippen LogP contribution in [0.3, 0.4) is 0 Å². The van der Waals surface area contributed by atoms with Gasteiger partial charge in [-0.15, -0.1) is 0 Å². The van der Waals surface area contributed by atoms with Crippen molar-refractivity contribution < 1.29 is 13.5 Å².